The van der Waals surface area contributed by atoms with Crippen LogP contribution in [0.25, 0.3) is 10.9 Å². The number of methoxy groups -OCH3 is 2. The van der Waals surface area contributed by atoms with Gasteiger partial charge in [0.15, 0.2) is 28.2 Å². The molecular formula is C22H21ClFN3O4S. The average Bonchev–Trinajstić information content (AvgIpc) is 2.78. The first-order chi connectivity index (χ1) is 15.4. The van der Waals surface area contributed by atoms with Crippen molar-refractivity contribution in [3.8, 4) is 23.0 Å². The van der Waals surface area contributed by atoms with Gasteiger partial charge < -0.3 is 24.8 Å². The molecule has 0 saturated carbocycles. The van der Waals surface area contributed by atoms with Crippen molar-refractivity contribution in [2.24, 2.45) is 0 Å². The highest BCUT2D eigenvalue weighted by Gasteiger charge is 2.14. The molecule has 0 radical (unpaired) electrons. The molecule has 1 aromatic heterocycles. The van der Waals surface area contributed by atoms with Gasteiger partial charge in [-0.3, -0.25) is 9.78 Å². The van der Waals surface area contributed by atoms with Gasteiger partial charge in [0.05, 0.1) is 19.7 Å². The van der Waals surface area contributed by atoms with Gasteiger partial charge in [0.2, 0.25) is 5.91 Å². The number of benzene rings is 2. The van der Waals surface area contributed by atoms with Crippen LogP contribution in [0.1, 0.15) is 12.8 Å². The number of anilines is 1. The van der Waals surface area contributed by atoms with Gasteiger partial charge in [-0.15, -0.1) is 11.6 Å². The summed E-state index contributed by atoms with van der Waals surface area (Å²) >= 11 is 10.6. The number of ether oxygens (including phenoxy) is 3. The largest absolute Gasteiger partial charge is 0.493 e. The van der Waals surface area contributed by atoms with Crippen LogP contribution in [0.4, 0.5) is 10.1 Å². The van der Waals surface area contributed by atoms with E-state index in [1.807, 2.05) is 0 Å². The van der Waals surface area contributed by atoms with Gasteiger partial charge in [0, 0.05) is 41.7 Å². The van der Waals surface area contributed by atoms with E-state index < -0.39 is 5.82 Å². The summed E-state index contributed by atoms with van der Waals surface area (Å²) in [6.45, 7) is 0. The lowest BCUT2D eigenvalue weighted by Crippen LogP contribution is -2.34. The van der Waals surface area contributed by atoms with Crippen molar-refractivity contribution in [2.75, 3.05) is 25.4 Å². The third-order valence-corrected chi connectivity index (χ3v) is 4.88. The van der Waals surface area contributed by atoms with Crippen molar-refractivity contribution in [3.63, 3.8) is 0 Å². The predicted octanol–water partition coefficient (Wildman–Crippen LogP) is 5.02. The van der Waals surface area contributed by atoms with Crippen molar-refractivity contribution in [1.82, 2.24) is 10.3 Å². The van der Waals surface area contributed by atoms with Crippen LogP contribution in [0.5, 0.6) is 23.0 Å². The first-order valence-corrected chi connectivity index (χ1v) is 10.5. The summed E-state index contributed by atoms with van der Waals surface area (Å²) in [5, 5.41) is 5.99. The molecule has 32 heavy (non-hydrogen) atoms. The number of rotatable bonds is 8. The van der Waals surface area contributed by atoms with E-state index in [1.54, 1.807) is 30.5 Å². The summed E-state index contributed by atoms with van der Waals surface area (Å²) in [7, 11) is 3.06. The zero-order valence-corrected chi connectivity index (χ0v) is 19.0. The maximum atomic E-state index is 14.7. The second-order valence-electron chi connectivity index (χ2n) is 6.58. The van der Waals surface area contributed by atoms with E-state index in [4.69, 9.17) is 38.0 Å². The van der Waals surface area contributed by atoms with Crippen LogP contribution in [0.3, 0.4) is 0 Å². The maximum Gasteiger partial charge on any atom is 0.226 e. The molecule has 0 saturated heterocycles. The van der Waals surface area contributed by atoms with E-state index in [0.717, 1.165) is 0 Å². The van der Waals surface area contributed by atoms with Gasteiger partial charge in [0.1, 0.15) is 5.75 Å². The predicted molar refractivity (Wildman–Crippen MR) is 126 cm³/mol. The molecule has 2 N–H and O–H groups in total. The fraction of sp³-hybridized carbons (Fsp3) is 0.227. The first kappa shape index (κ1) is 23.5. The molecule has 1 amide bonds. The molecule has 10 heteroatoms. The van der Waals surface area contributed by atoms with Gasteiger partial charge in [-0.25, -0.2) is 4.39 Å². The van der Waals surface area contributed by atoms with Crippen molar-refractivity contribution in [1.29, 1.82) is 0 Å². The molecule has 7 nitrogen and oxygen atoms in total. The number of alkyl halides is 1. The minimum Gasteiger partial charge on any atom is -0.493 e. The van der Waals surface area contributed by atoms with Crippen molar-refractivity contribution >= 4 is 51.4 Å². The van der Waals surface area contributed by atoms with Gasteiger partial charge in [-0.1, -0.05) is 0 Å². The molecule has 0 aliphatic carbocycles. The lowest BCUT2D eigenvalue weighted by molar-refractivity contribution is -0.119. The summed E-state index contributed by atoms with van der Waals surface area (Å²) in [5.41, 5.74) is 0.970. The third kappa shape index (κ3) is 5.74. The second kappa shape index (κ2) is 10.9. The van der Waals surface area contributed by atoms with Gasteiger partial charge in [-0.05, 0) is 42.9 Å². The summed E-state index contributed by atoms with van der Waals surface area (Å²) in [5.74, 6) is 0.939. The standard InChI is InChI=1S/C22H21ClFN3O4S/c1-29-19-11-14-16(12-20(19)30-2)25-9-7-17(14)31-18-6-5-13(10-15(18)24)26-22(32)27-21(28)4-3-8-23/h5-7,9-12H,3-4,8H2,1-2H3,(H2,26,27,28,32). The quantitative estimate of drug-likeness (QED) is 0.348. The number of hydrogen-bond donors (Lipinski definition) is 2. The normalized spacial score (nSPS) is 10.5. The molecule has 0 spiro atoms. The van der Waals surface area contributed by atoms with E-state index in [1.165, 1.54) is 26.4 Å². The minimum absolute atomic E-state index is 0.00917. The van der Waals surface area contributed by atoms with Gasteiger partial charge in [-0.2, -0.15) is 0 Å². The van der Waals surface area contributed by atoms with Gasteiger partial charge in [0.25, 0.3) is 0 Å². The molecule has 0 unspecified atom stereocenters. The lowest BCUT2D eigenvalue weighted by Gasteiger charge is -2.14. The smallest absolute Gasteiger partial charge is 0.226 e. The molecule has 2 aromatic carbocycles. The second-order valence-corrected chi connectivity index (χ2v) is 7.36. The number of pyridine rings is 1. The van der Waals surface area contributed by atoms with Crippen molar-refractivity contribution in [3.05, 3.63) is 48.4 Å². The minimum atomic E-state index is -0.614. The number of hydrogen-bond acceptors (Lipinski definition) is 6. The average molecular weight is 478 g/mol. The highest BCUT2D eigenvalue weighted by atomic mass is 35.5. The topological polar surface area (TPSA) is 81.7 Å². The lowest BCUT2D eigenvalue weighted by atomic mass is 10.2. The SMILES string of the molecule is COc1cc2nccc(Oc3ccc(NC(=S)NC(=O)CCCCl)cc3F)c2cc1OC. The summed E-state index contributed by atoms with van der Waals surface area (Å²) in [6, 6.07) is 9.33. The first-order valence-electron chi connectivity index (χ1n) is 9.60. The van der Waals surface area contributed by atoms with Crippen LogP contribution in [0.2, 0.25) is 0 Å². The van der Waals surface area contributed by atoms with Crippen LogP contribution < -0.4 is 24.8 Å². The monoisotopic (exact) mass is 477 g/mol. The highest BCUT2D eigenvalue weighted by Crippen LogP contribution is 2.37. The fourth-order valence-corrected chi connectivity index (χ4v) is 3.26. The van der Waals surface area contributed by atoms with Crippen LogP contribution in [0, 0.1) is 5.82 Å². The summed E-state index contributed by atoms with van der Waals surface area (Å²) < 4.78 is 31.1. The Kier molecular flexibility index (Phi) is 8.02. The number of fused-ring (bicyclic) bond motifs is 1. The summed E-state index contributed by atoms with van der Waals surface area (Å²) in [4.78, 5) is 16.0. The van der Waals surface area contributed by atoms with E-state index in [9.17, 15) is 9.18 Å². The molecule has 0 aliphatic rings. The van der Waals surface area contributed by atoms with E-state index in [0.29, 0.717) is 46.1 Å². The Morgan fingerprint density at radius 1 is 1.09 bits per heavy atom. The van der Waals surface area contributed by atoms with Crippen LogP contribution in [0.15, 0.2) is 42.6 Å². The number of thiocarbonyl (C=S) groups is 1. The van der Waals surface area contributed by atoms with Crippen LogP contribution in [-0.4, -0.2) is 36.1 Å². The van der Waals surface area contributed by atoms with Gasteiger partial charge >= 0.3 is 0 Å². The van der Waals surface area contributed by atoms with Crippen LogP contribution >= 0.6 is 23.8 Å². The molecule has 3 rings (SSSR count). The molecule has 0 aliphatic heterocycles. The molecule has 3 aromatic rings. The van der Waals surface area contributed by atoms with Crippen molar-refractivity contribution in [2.45, 2.75) is 12.8 Å². The zero-order valence-electron chi connectivity index (χ0n) is 17.4. The Morgan fingerprint density at radius 3 is 2.53 bits per heavy atom. The number of nitrogens with zero attached hydrogens (tertiary/aromatic N) is 1. The molecule has 0 bridgehead atoms. The number of aromatic nitrogens is 1. The number of carbonyl (C=O) groups excluding carboxylic acids is 1. The number of nitrogens with one attached hydrogen (secondary N) is 2. The molecule has 168 valence electrons. The summed E-state index contributed by atoms with van der Waals surface area (Å²) in [6.07, 6.45) is 2.35. The molecule has 0 atom stereocenters. The van der Waals surface area contributed by atoms with E-state index in [2.05, 4.69) is 15.6 Å². The van der Waals surface area contributed by atoms with Crippen LogP contribution in [-0.2, 0) is 4.79 Å². The van der Waals surface area contributed by atoms with E-state index >= 15 is 0 Å². The highest BCUT2D eigenvalue weighted by molar-refractivity contribution is 7.80. The Morgan fingerprint density at radius 2 is 1.84 bits per heavy atom. The maximum absolute atomic E-state index is 14.7. The number of amides is 1. The molecule has 0 fully saturated rings. The number of carbonyl (C=O) groups is 1. The third-order valence-electron chi connectivity index (χ3n) is 4.41. The Bertz CT molecular complexity index is 1150. The fourth-order valence-electron chi connectivity index (χ4n) is 2.90. The van der Waals surface area contributed by atoms with Crippen molar-refractivity contribution < 1.29 is 23.4 Å². The molecular weight excluding hydrogens is 457 g/mol. The Hall–Kier alpha value is -3.17. The zero-order chi connectivity index (χ0) is 23.1. The number of halogens is 2. The Labute approximate surface area is 194 Å². The molecule has 1 heterocycles. The van der Waals surface area contributed by atoms with E-state index in [-0.39, 0.29) is 23.2 Å². The Balaban J connectivity index is 1.77.